The number of carbonyl (C=O) groups is 2. The first-order chi connectivity index (χ1) is 13.1. The van der Waals surface area contributed by atoms with E-state index in [2.05, 4.69) is 20.8 Å². The van der Waals surface area contributed by atoms with Gasteiger partial charge < -0.3 is 5.32 Å². The number of amides is 2. The lowest BCUT2D eigenvalue weighted by Crippen LogP contribution is -2.37. The second-order valence-corrected chi connectivity index (χ2v) is 7.47. The van der Waals surface area contributed by atoms with Crippen molar-refractivity contribution >= 4 is 40.5 Å². The Kier molecular flexibility index (Phi) is 6.45. The Bertz CT molecular complexity index is 954. The van der Waals surface area contributed by atoms with Crippen molar-refractivity contribution in [3.8, 4) is 0 Å². The first-order valence-electron chi connectivity index (χ1n) is 8.36. The van der Waals surface area contributed by atoms with Crippen LogP contribution < -0.4 is 10.6 Å². The summed E-state index contributed by atoms with van der Waals surface area (Å²) in [5, 5.41) is 12.4. The summed E-state index contributed by atoms with van der Waals surface area (Å²) in [5.74, 6) is -0.565. The molecule has 1 unspecified atom stereocenters. The van der Waals surface area contributed by atoms with Crippen LogP contribution in [0.2, 0.25) is 0 Å². The highest BCUT2D eigenvalue weighted by atomic mass is 32.1. The molecule has 3 N–H and O–H groups in total. The Morgan fingerprint density at radius 3 is 2.37 bits per heavy atom. The van der Waals surface area contributed by atoms with Gasteiger partial charge in [0, 0.05) is 6.42 Å². The van der Waals surface area contributed by atoms with Crippen molar-refractivity contribution in [2.45, 2.75) is 18.9 Å². The number of benzene rings is 2. The Labute approximate surface area is 165 Å². The van der Waals surface area contributed by atoms with Crippen molar-refractivity contribution in [1.29, 1.82) is 0 Å². The molecule has 0 saturated heterocycles. The predicted octanol–water partition coefficient (Wildman–Crippen LogP) is 3.63. The summed E-state index contributed by atoms with van der Waals surface area (Å²) in [5.41, 5.74) is 1.77. The summed E-state index contributed by atoms with van der Waals surface area (Å²) in [6.07, 6.45) is 0.901. The van der Waals surface area contributed by atoms with E-state index in [1.165, 1.54) is 0 Å². The van der Waals surface area contributed by atoms with E-state index in [9.17, 15) is 9.59 Å². The first kappa shape index (κ1) is 18.9. The van der Waals surface area contributed by atoms with Crippen LogP contribution in [0, 0.1) is 3.95 Å². The molecule has 0 aliphatic heterocycles. The number of aromatic nitrogens is 2. The molecule has 0 aliphatic carbocycles. The highest BCUT2D eigenvalue weighted by molar-refractivity contribution is 7.73. The minimum absolute atomic E-state index is 0.197. The summed E-state index contributed by atoms with van der Waals surface area (Å²) in [7, 11) is 0. The number of carbonyl (C=O) groups excluding carboxylic acids is 2. The highest BCUT2D eigenvalue weighted by Crippen LogP contribution is 2.18. The average molecular weight is 399 g/mol. The predicted molar refractivity (Wildman–Crippen MR) is 108 cm³/mol. The van der Waals surface area contributed by atoms with Gasteiger partial charge in [-0.2, -0.15) is 0 Å². The van der Waals surface area contributed by atoms with Crippen molar-refractivity contribution in [3.63, 3.8) is 0 Å². The summed E-state index contributed by atoms with van der Waals surface area (Å²) in [6.45, 7) is 0. The normalized spacial score (nSPS) is 11.6. The van der Waals surface area contributed by atoms with E-state index in [-0.39, 0.29) is 11.8 Å². The van der Waals surface area contributed by atoms with E-state index in [0.29, 0.717) is 27.5 Å². The number of aromatic amines is 1. The average Bonchev–Trinajstić information content (AvgIpc) is 3.10. The second kappa shape index (κ2) is 9.20. The van der Waals surface area contributed by atoms with Crippen LogP contribution >= 0.6 is 23.6 Å². The Morgan fingerprint density at radius 1 is 1.07 bits per heavy atom. The highest BCUT2D eigenvalue weighted by Gasteiger charge is 2.23. The van der Waals surface area contributed by atoms with Crippen molar-refractivity contribution < 1.29 is 9.59 Å². The zero-order valence-electron chi connectivity index (χ0n) is 14.3. The number of hydrogen-bond donors (Lipinski definition) is 3. The maximum Gasteiger partial charge on any atom is 0.253 e. The molecule has 3 aromatic rings. The molecule has 0 spiro atoms. The Hall–Kier alpha value is -2.84. The Balaban J connectivity index is 1.69. The lowest BCUT2D eigenvalue weighted by Gasteiger charge is -2.18. The van der Waals surface area contributed by atoms with Crippen LogP contribution in [0.15, 0.2) is 60.7 Å². The van der Waals surface area contributed by atoms with Crippen molar-refractivity contribution in [2.24, 2.45) is 0 Å². The van der Waals surface area contributed by atoms with Crippen LogP contribution in [-0.2, 0) is 16.0 Å². The molecule has 0 radical (unpaired) electrons. The van der Waals surface area contributed by atoms with Crippen LogP contribution in [0.25, 0.3) is 0 Å². The third-order valence-corrected chi connectivity index (χ3v) is 4.86. The van der Waals surface area contributed by atoms with Gasteiger partial charge in [-0.1, -0.05) is 72.0 Å². The standard InChI is InChI=1S/C19H18N4O2S2/c24-15(12-11-13-7-3-1-4-8-13)20-16(14-9-5-2-6-10-14)17(25)21-18-22-23-19(26)27-18/h1-10,16H,11-12H2,(H,20,24)(H,23,26)(H,21,22,25). The third kappa shape index (κ3) is 5.57. The number of H-pyrrole nitrogens is 1. The smallest absolute Gasteiger partial charge is 0.253 e. The number of aryl methyl sites for hydroxylation is 1. The van der Waals surface area contributed by atoms with Gasteiger partial charge >= 0.3 is 0 Å². The van der Waals surface area contributed by atoms with Gasteiger partial charge in [-0.3, -0.25) is 20.0 Å². The van der Waals surface area contributed by atoms with E-state index in [0.717, 1.165) is 16.9 Å². The van der Waals surface area contributed by atoms with E-state index in [1.54, 1.807) is 12.1 Å². The van der Waals surface area contributed by atoms with Crippen LogP contribution in [-0.4, -0.2) is 22.0 Å². The minimum Gasteiger partial charge on any atom is -0.341 e. The fraction of sp³-hybridized carbons (Fsp3) is 0.158. The summed E-state index contributed by atoms with van der Waals surface area (Å²) >= 11 is 6.13. The molecule has 2 aromatic carbocycles. The van der Waals surface area contributed by atoms with E-state index in [4.69, 9.17) is 12.2 Å². The van der Waals surface area contributed by atoms with Crippen molar-refractivity contribution in [1.82, 2.24) is 15.5 Å². The lowest BCUT2D eigenvalue weighted by atomic mass is 10.1. The molecule has 8 heteroatoms. The maximum absolute atomic E-state index is 12.7. The number of nitrogens with zero attached hydrogens (tertiary/aromatic N) is 1. The third-order valence-electron chi connectivity index (χ3n) is 3.85. The molecule has 0 fully saturated rings. The monoisotopic (exact) mass is 398 g/mol. The fourth-order valence-corrected chi connectivity index (χ4v) is 3.33. The molecule has 0 bridgehead atoms. The first-order valence-corrected chi connectivity index (χ1v) is 9.59. The molecular formula is C19H18N4O2S2. The second-order valence-electron chi connectivity index (χ2n) is 5.80. The van der Waals surface area contributed by atoms with Crippen molar-refractivity contribution in [2.75, 3.05) is 5.32 Å². The molecule has 1 atom stereocenters. The summed E-state index contributed by atoms with van der Waals surface area (Å²) in [6, 6.07) is 18.0. The van der Waals surface area contributed by atoms with E-state index in [1.807, 2.05) is 48.5 Å². The number of hydrogen-bond acceptors (Lipinski definition) is 5. The molecule has 0 aliphatic rings. The van der Waals surface area contributed by atoms with Gasteiger partial charge in [-0.05, 0) is 29.8 Å². The van der Waals surface area contributed by atoms with Gasteiger partial charge in [0.1, 0.15) is 6.04 Å². The zero-order valence-corrected chi connectivity index (χ0v) is 16.0. The quantitative estimate of drug-likeness (QED) is 0.531. The fourth-order valence-electron chi connectivity index (χ4n) is 2.54. The van der Waals surface area contributed by atoms with Gasteiger partial charge in [0.2, 0.25) is 11.0 Å². The van der Waals surface area contributed by atoms with Gasteiger partial charge in [0.25, 0.3) is 5.91 Å². The molecule has 3 rings (SSSR count). The molecule has 6 nitrogen and oxygen atoms in total. The van der Waals surface area contributed by atoms with Crippen molar-refractivity contribution in [3.05, 3.63) is 75.7 Å². The van der Waals surface area contributed by atoms with Crippen LogP contribution in [0.4, 0.5) is 5.13 Å². The SMILES string of the molecule is O=C(CCc1ccccc1)NC(C(=O)Nc1n[nH]c(=S)s1)c1ccccc1. The Morgan fingerprint density at radius 2 is 1.74 bits per heavy atom. The minimum atomic E-state index is -0.813. The molecule has 27 heavy (non-hydrogen) atoms. The molecule has 2 amide bonds. The number of nitrogens with one attached hydrogen (secondary N) is 3. The lowest BCUT2D eigenvalue weighted by molar-refractivity contribution is -0.126. The van der Waals surface area contributed by atoms with Gasteiger partial charge in [-0.25, -0.2) is 0 Å². The van der Waals surface area contributed by atoms with Gasteiger partial charge in [0.05, 0.1) is 0 Å². The molecule has 0 saturated carbocycles. The number of anilines is 1. The van der Waals surface area contributed by atoms with E-state index >= 15 is 0 Å². The number of rotatable bonds is 7. The molecule has 1 aromatic heterocycles. The summed E-state index contributed by atoms with van der Waals surface area (Å²) in [4.78, 5) is 25.2. The topological polar surface area (TPSA) is 86.9 Å². The van der Waals surface area contributed by atoms with Crippen LogP contribution in [0.1, 0.15) is 23.6 Å². The molecule has 1 heterocycles. The van der Waals surface area contributed by atoms with E-state index < -0.39 is 6.04 Å². The van der Waals surface area contributed by atoms with Gasteiger partial charge in [-0.15, -0.1) is 5.10 Å². The van der Waals surface area contributed by atoms with Gasteiger partial charge in [0.15, 0.2) is 3.95 Å². The zero-order chi connectivity index (χ0) is 19.1. The summed E-state index contributed by atoms with van der Waals surface area (Å²) < 4.78 is 0.466. The molecule has 138 valence electrons. The van der Waals surface area contributed by atoms with Crippen LogP contribution in [0.3, 0.4) is 0 Å². The molecular weight excluding hydrogens is 380 g/mol. The van der Waals surface area contributed by atoms with Crippen LogP contribution in [0.5, 0.6) is 0 Å². The maximum atomic E-state index is 12.7. The largest absolute Gasteiger partial charge is 0.341 e.